The molecule has 25 heteroatoms. The van der Waals surface area contributed by atoms with Crippen LogP contribution in [-0.4, -0.2) is 226 Å². The Morgan fingerprint density at radius 2 is 1.11 bits per heavy atom. The summed E-state index contributed by atoms with van der Waals surface area (Å²) in [6.07, 6.45) is -31.7. The zero-order chi connectivity index (χ0) is 42.5. The van der Waals surface area contributed by atoms with Gasteiger partial charge in [-0.1, -0.05) is 0 Å². The van der Waals surface area contributed by atoms with Gasteiger partial charge in [0.15, 0.2) is 31.1 Å². The molecule has 0 saturated carbocycles. The number of hydrogen-bond acceptors (Lipinski definition) is 21. The molecule has 0 aliphatic carbocycles. The molecule has 4 heterocycles. The van der Waals surface area contributed by atoms with Gasteiger partial charge in [0.25, 0.3) is 5.91 Å². The summed E-state index contributed by atoms with van der Waals surface area (Å²) in [6.45, 7) is 2.07. The topological polar surface area (TPSA) is 386 Å². The Bertz CT molecular complexity index is 1370. The largest absolute Gasteiger partial charge is 0.479 e. The summed E-state index contributed by atoms with van der Waals surface area (Å²) in [5.41, 5.74) is 5.44. The number of carbonyl (C=O) groups is 4. The van der Waals surface area contributed by atoms with Crippen LogP contribution in [0.25, 0.3) is 0 Å². The number of aliphatic hydroxyl groups excluding tert-OH is 8. The van der Waals surface area contributed by atoms with Crippen LogP contribution < -0.4 is 21.7 Å². The lowest BCUT2D eigenvalue weighted by atomic mass is 9.92. The van der Waals surface area contributed by atoms with Crippen molar-refractivity contribution in [3.63, 3.8) is 0 Å². The molecule has 0 aromatic heterocycles. The van der Waals surface area contributed by atoms with Gasteiger partial charge in [0.1, 0.15) is 79.3 Å². The Kier molecular flexibility index (Phi) is 16.8. The third kappa shape index (κ3) is 10.5. The number of methoxy groups -OCH3 is 1. The number of nitrogens with one attached hydrogen (secondary N) is 3. The van der Waals surface area contributed by atoms with E-state index in [1.165, 1.54) is 13.8 Å². The van der Waals surface area contributed by atoms with Crippen LogP contribution in [-0.2, 0) is 57.1 Å². The maximum Gasteiger partial charge on any atom is 0.335 e. The average molecular weight is 831 g/mol. The van der Waals surface area contributed by atoms with Gasteiger partial charge < -0.3 is 106 Å². The van der Waals surface area contributed by atoms with E-state index < -0.39 is 159 Å². The molecule has 4 aliphatic heterocycles. The zero-order valence-electron chi connectivity index (χ0n) is 31.4. The van der Waals surface area contributed by atoms with E-state index in [9.17, 15) is 65.1 Å². The number of carboxylic acid groups (broad SMARTS) is 1. The molecule has 4 saturated heterocycles. The van der Waals surface area contributed by atoms with Crippen molar-refractivity contribution in [2.24, 2.45) is 5.73 Å². The highest BCUT2D eigenvalue weighted by Gasteiger charge is 2.57. The summed E-state index contributed by atoms with van der Waals surface area (Å²) >= 11 is 0. The van der Waals surface area contributed by atoms with Gasteiger partial charge in [0, 0.05) is 34.0 Å². The highest BCUT2D eigenvalue weighted by Crippen LogP contribution is 2.35. The van der Waals surface area contributed by atoms with Crippen LogP contribution >= 0.6 is 0 Å². The minimum absolute atomic E-state index is 0.0114. The molecule has 3 amide bonds. The first kappa shape index (κ1) is 46.9. The van der Waals surface area contributed by atoms with Gasteiger partial charge in [-0.05, 0) is 6.92 Å². The van der Waals surface area contributed by atoms with E-state index in [2.05, 4.69) is 16.0 Å². The van der Waals surface area contributed by atoms with E-state index in [1.54, 1.807) is 0 Å². The standard InChI is InChI=1S/C32H54N4O21/c1-9-14(35-10(2)39)16(41)22(12(7-37)51-9)53-32-21(46)19(44)25(27(57-32)29(48)49)55-30-15(36-11(3)40)17(42)23(13(8-38)52-30)54-31-20(45)18(43)24(50-4)26(56-31)28(47)34-6-5-33/h9,12-27,30-32,37-38,41-46H,5-8,33H2,1-4H3,(H,34,47)(H,35,39)(H,36,40)(H,48,49)/t9-,12?,13?,14?,15?,16+,17+,18+,19+,20?,21?,22+,23+,24-,25-,26?,27?,30-,31+,32+/m0/s1. The molecule has 14 N–H and O–H groups in total. The van der Waals surface area contributed by atoms with Crippen LogP contribution in [0.5, 0.6) is 0 Å². The second kappa shape index (κ2) is 20.4. The lowest BCUT2D eigenvalue weighted by Gasteiger charge is -2.49. The molecule has 328 valence electrons. The summed E-state index contributed by atoms with van der Waals surface area (Å²) in [6, 6.07) is -2.79. The van der Waals surface area contributed by atoms with Gasteiger partial charge >= 0.3 is 5.97 Å². The molecule has 0 spiro atoms. The molecule has 20 atom stereocenters. The van der Waals surface area contributed by atoms with E-state index in [-0.39, 0.29) is 13.1 Å². The first-order valence-corrected chi connectivity index (χ1v) is 18.1. The van der Waals surface area contributed by atoms with E-state index in [0.717, 1.165) is 14.0 Å². The lowest BCUT2D eigenvalue weighted by molar-refractivity contribution is -0.368. The SMILES string of the molecule is CO[C@@H]1C(C(=O)NCCN)O[C@@H](O[C@@H]2C(CO)O[C@@H](O[C@@H]3C(C(=O)O)O[C@@H](O[C@@H]4C(CO)O[C@@H](C)C(NC(C)=O)[C@H]4O)C(O)[C@H]3O)C(NC(C)=O)[C@H]2O)C(O)[C@H]1O. The van der Waals surface area contributed by atoms with E-state index in [1.807, 2.05) is 0 Å². The molecule has 4 fully saturated rings. The smallest absolute Gasteiger partial charge is 0.335 e. The van der Waals surface area contributed by atoms with Crippen LogP contribution in [0.4, 0.5) is 0 Å². The molecule has 57 heavy (non-hydrogen) atoms. The van der Waals surface area contributed by atoms with Crippen molar-refractivity contribution in [2.75, 3.05) is 33.4 Å². The fourth-order valence-electron chi connectivity index (χ4n) is 7.12. The number of amides is 3. The van der Waals surface area contributed by atoms with E-state index in [4.69, 9.17) is 43.6 Å². The van der Waals surface area contributed by atoms with Gasteiger partial charge in [-0.25, -0.2) is 4.79 Å². The summed E-state index contributed by atoms with van der Waals surface area (Å²) in [5.74, 6) is -3.93. The molecule has 0 aromatic carbocycles. The first-order valence-electron chi connectivity index (χ1n) is 18.1. The average Bonchev–Trinajstić information content (AvgIpc) is 3.16. The predicted octanol–water partition coefficient (Wildman–Crippen LogP) is -8.56. The van der Waals surface area contributed by atoms with Crippen molar-refractivity contribution in [2.45, 2.75) is 143 Å². The summed E-state index contributed by atoms with van der Waals surface area (Å²) in [4.78, 5) is 49.4. The highest BCUT2D eigenvalue weighted by atomic mass is 16.8. The normalized spacial score (nSPS) is 43.8. The Morgan fingerprint density at radius 3 is 1.60 bits per heavy atom. The van der Waals surface area contributed by atoms with Crippen molar-refractivity contribution >= 4 is 23.7 Å². The second-order valence-electron chi connectivity index (χ2n) is 14.0. The predicted molar refractivity (Wildman–Crippen MR) is 181 cm³/mol. The third-order valence-electron chi connectivity index (χ3n) is 9.92. The van der Waals surface area contributed by atoms with Crippen LogP contribution in [0.3, 0.4) is 0 Å². The first-order chi connectivity index (χ1) is 26.9. The van der Waals surface area contributed by atoms with Gasteiger partial charge in [-0.15, -0.1) is 0 Å². The van der Waals surface area contributed by atoms with E-state index >= 15 is 0 Å². The number of hydrogen-bond donors (Lipinski definition) is 13. The van der Waals surface area contributed by atoms with Crippen molar-refractivity contribution in [1.82, 2.24) is 16.0 Å². The van der Waals surface area contributed by atoms with Crippen molar-refractivity contribution in [3.05, 3.63) is 0 Å². The Morgan fingerprint density at radius 1 is 0.632 bits per heavy atom. The van der Waals surface area contributed by atoms with Gasteiger partial charge in [-0.2, -0.15) is 0 Å². The summed E-state index contributed by atoms with van der Waals surface area (Å²) in [5, 5.41) is 104. The summed E-state index contributed by atoms with van der Waals surface area (Å²) in [7, 11) is 1.15. The van der Waals surface area contributed by atoms with Crippen LogP contribution in [0, 0.1) is 0 Å². The Hall–Kier alpha value is -2.80. The number of nitrogens with two attached hydrogens (primary N) is 1. The highest BCUT2D eigenvalue weighted by molar-refractivity contribution is 5.81. The number of carboxylic acids is 1. The van der Waals surface area contributed by atoms with Crippen molar-refractivity contribution < 1.29 is 103 Å². The number of carbonyl (C=O) groups excluding carboxylic acids is 3. The lowest BCUT2D eigenvalue weighted by Crippen LogP contribution is -2.70. The van der Waals surface area contributed by atoms with Crippen molar-refractivity contribution in [1.29, 1.82) is 0 Å². The quantitative estimate of drug-likeness (QED) is 0.0729. The number of rotatable bonds is 15. The third-order valence-corrected chi connectivity index (χ3v) is 9.92. The van der Waals surface area contributed by atoms with Crippen LogP contribution in [0.15, 0.2) is 0 Å². The molecule has 8 unspecified atom stereocenters. The molecule has 0 bridgehead atoms. The maximum atomic E-state index is 12.8. The Labute approximate surface area is 325 Å². The van der Waals surface area contributed by atoms with E-state index in [0.29, 0.717) is 0 Å². The fourth-order valence-corrected chi connectivity index (χ4v) is 7.12. The van der Waals surface area contributed by atoms with Crippen LogP contribution in [0.1, 0.15) is 20.8 Å². The molecular formula is C32H54N4O21. The van der Waals surface area contributed by atoms with Crippen LogP contribution in [0.2, 0.25) is 0 Å². The zero-order valence-corrected chi connectivity index (χ0v) is 31.4. The van der Waals surface area contributed by atoms with Gasteiger partial charge in [-0.3, -0.25) is 14.4 Å². The van der Waals surface area contributed by atoms with Gasteiger partial charge in [0.2, 0.25) is 11.8 Å². The Balaban J connectivity index is 1.55. The molecule has 0 radical (unpaired) electrons. The minimum Gasteiger partial charge on any atom is -0.479 e. The molecular weight excluding hydrogens is 776 g/mol. The molecule has 4 rings (SSSR count). The molecule has 4 aliphatic rings. The monoisotopic (exact) mass is 830 g/mol. The maximum absolute atomic E-state index is 12.8. The summed E-state index contributed by atoms with van der Waals surface area (Å²) < 4.78 is 45.0. The fraction of sp³-hybridized carbons (Fsp3) is 0.875. The van der Waals surface area contributed by atoms with Crippen molar-refractivity contribution in [3.8, 4) is 0 Å². The number of aliphatic carboxylic acids is 1. The minimum atomic E-state index is -2.20. The number of ether oxygens (including phenoxy) is 8. The van der Waals surface area contributed by atoms with Gasteiger partial charge in [0.05, 0.1) is 25.4 Å². The number of aliphatic hydroxyl groups is 8. The molecule has 0 aromatic rings. The molecule has 25 nitrogen and oxygen atoms in total. The second-order valence-corrected chi connectivity index (χ2v) is 14.0.